The number of allylic oxidation sites excluding steroid dienone is 2. The normalized spacial score (nSPS) is 24.2. The molecule has 1 aliphatic carbocycles. The van der Waals surface area contributed by atoms with Crippen LogP contribution < -0.4 is 0 Å². The first-order valence-electron chi connectivity index (χ1n) is 11.2. The summed E-state index contributed by atoms with van der Waals surface area (Å²) in [6.07, 6.45) is 8.66. The van der Waals surface area contributed by atoms with Gasteiger partial charge < -0.3 is 4.74 Å². The Morgan fingerprint density at radius 2 is 1.68 bits per heavy atom. The molecule has 2 aromatic carbocycles. The van der Waals surface area contributed by atoms with Gasteiger partial charge in [0.25, 0.3) is 0 Å². The van der Waals surface area contributed by atoms with Gasteiger partial charge in [-0.2, -0.15) is 0 Å². The van der Waals surface area contributed by atoms with E-state index < -0.39 is 23.3 Å². The molecule has 0 aromatic heterocycles. The van der Waals surface area contributed by atoms with Crippen LogP contribution in [0.3, 0.4) is 0 Å². The van der Waals surface area contributed by atoms with Gasteiger partial charge in [-0.3, -0.25) is 0 Å². The van der Waals surface area contributed by atoms with E-state index in [0.717, 1.165) is 62.2 Å². The molecule has 0 amide bonds. The maximum Gasteiger partial charge on any atom is 0.194 e. The fourth-order valence-electron chi connectivity index (χ4n) is 5.27. The van der Waals surface area contributed by atoms with Crippen LogP contribution in [-0.2, 0) is 4.74 Å². The zero-order valence-electron chi connectivity index (χ0n) is 17.8. The van der Waals surface area contributed by atoms with Gasteiger partial charge in [-0.05, 0) is 84.8 Å². The van der Waals surface area contributed by atoms with E-state index in [-0.39, 0.29) is 11.1 Å². The zero-order chi connectivity index (χ0) is 22.0. The van der Waals surface area contributed by atoms with Gasteiger partial charge in [0.1, 0.15) is 5.82 Å². The zero-order valence-corrected chi connectivity index (χ0v) is 17.8. The monoisotopic (exact) mass is 432 g/mol. The van der Waals surface area contributed by atoms with Gasteiger partial charge >= 0.3 is 0 Å². The number of ether oxygens (including phenoxy) is 1. The first kappa shape index (κ1) is 22.1. The molecule has 1 heterocycles. The molecule has 1 fully saturated rings. The molecule has 0 saturated carbocycles. The lowest BCUT2D eigenvalue weighted by molar-refractivity contribution is -0.00951. The highest BCUT2D eigenvalue weighted by Crippen LogP contribution is 2.41. The summed E-state index contributed by atoms with van der Waals surface area (Å²) in [6, 6.07) is 6.34. The van der Waals surface area contributed by atoms with Gasteiger partial charge in [0, 0.05) is 18.8 Å². The summed E-state index contributed by atoms with van der Waals surface area (Å²) in [4.78, 5) is 0. The van der Waals surface area contributed by atoms with Crippen molar-refractivity contribution in [2.45, 2.75) is 45.4 Å². The third-order valence-electron chi connectivity index (χ3n) is 6.88. The Bertz CT molecular complexity index is 943. The van der Waals surface area contributed by atoms with Crippen molar-refractivity contribution in [3.8, 4) is 11.1 Å². The van der Waals surface area contributed by atoms with Crippen LogP contribution in [0.15, 0.2) is 36.4 Å². The molecule has 2 aromatic rings. The van der Waals surface area contributed by atoms with Crippen molar-refractivity contribution in [2.75, 3.05) is 13.2 Å². The lowest BCUT2D eigenvalue weighted by Crippen LogP contribution is -2.33. The van der Waals surface area contributed by atoms with Gasteiger partial charge in [-0.25, -0.2) is 17.6 Å². The average Bonchev–Trinajstić information content (AvgIpc) is 2.78. The van der Waals surface area contributed by atoms with Crippen molar-refractivity contribution in [3.63, 3.8) is 0 Å². The standard InChI is InChI=1S/C26H28F4O/c1-2-3-19-15-31-11-10-21(19)17-6-4-16(5-7-17)18-8-9-22(23(27)12-18)20-13-24(28)26(30)25(29)14-20/h4,8-9,12-14,17,19,21H,2-3,5-7,10-11,15H2,1H3. The van der Waals surface area contributed by atoms with Gasteiger partial charge in [-0.15, -0.1) is 0 Å². The Morgan fingerprint density at radius 1 is 0.935 bits per heavy atom. The lowest BCUT2D eigenvalue weighted by Gasteiger charge is -2.38. The van der Waals surface area contributed by atoms with E-state index in [0.29, 0.717) is 17.8 Å². The minimum Gasteiger partial charge on any atom is -0.381 e. The maximum absolute atomic E-state index is 14.8. The molecule has 31 heavy (non-hydrogen) atoms. The molecule has 2 aliphatic rings. The SMILES string of the molecule is CCCC1COCCC1C1CC=C(c2ccc(-c3cc(F)c(F)c(F)c3)c(F)c2)CC1. The molecule has 1 aliphatic heterocycles. The van der Waals surface area contributed by atoms with Gasteiger partial charge in [0.05, 0.1) is 0 Å². The fourth-order valence-corrected chi connectivity index (χ4v) is 5.27. The van der Waals surface area contributed by atoms with Gasteiger partial charge in [-0.1, -0.05) is 31.6 Å². The van der Waals surface area contributed by atoms with Crippen LogP contribution in [0.25, 0.3) is 16.7 Å². The van der Waals surface area contributed by atoms with Crippen molar-refractivity contribution in [2.24, 2.45) is 17.8 Å². The summed E-state index contributed by atoms with van der Waals surface area (Å²) in [6.45, 7) is 3.93. The van der Waals surface area contributed by atoms with E-state index >= 15 is 0 Å². The number of benzene rings is 2. The molecule has 3 unspecified atom stereocenters. The molecule has 4 rings (SSSR count). The van der Waals surface area contributed by atoms with Crippen LogP contribution in [-0.4, -0.2) is 13.2 Å². The molecular weight excluding hydrogens is 404 g/mol. The van der Waals surface area contributed by atoms with Crippen LogP contribution in [0.5, 0.6) is 0 Å². The number of rotatable bonds is 5. The van der Waals surface area contributed by atoms with E-state index in [1.54, 1.807) is 6.07 Å². The number of hydrogen-bond acceptors (Lipinski definition) is 1. The molecule has 3 atom stereocenters. The minimum atomic E-state index is -1.55. The Labute approximate surface area is 181 Å². The molecule has 5 heteroatoms. The Kier molecular flexibility index (Phi) is 6.80. The van der Waals surface area contributed by atoms with E-state index in [4.69, 9.17) is 4.74 Å². The first-order chi connectivity index (χ1) is 15.0. The number of halogens is 4. The molecule has 1 nitrogen and oxygen atoms in total. The highest BCUT2D eigenvalue weighted by atomic mass is 19.2. The highest BCUT2D eigenvalue weighted by molar-refractivity contribution is 5.71. The Morgan fingerprint density at radius 3 is 2.32 bits per heavy atom. The van der Waals surface area contributed by atoms with Crippen LogP contribution in [0.1, 0.15) is 51.0 Å². The summed E-state index contributed by atoms with van der Waals surface area (Å²) < 4.78 is 60.8. The van der Waals surface area contributed by atoms with Crippen LogP contribution >= 0.6 is 0 Å². The summed E-state index contributed by atoms with van der Waals surface area (Å²) >= 11 is 0. The van der Waals surface area contributed by atoms with Gasteiger partial charge in [0.15, 0.2) is 17.5 Å². The predicted molar refractivity (Wildman–Crippen MR) is 114 cm³/mol. The smallest absolute Gasteiger partial charge is 0.194 e. The minimum absolute atomic E-state index is 0.0142. The summed E-state index contributed by atoms with van der Waals surface area (Å²) in [5, 5.41) is 0. The topological polar surface area (TPSA) is 9.23 Å². The summed E-state index contributed by atoms with van der Waals surface area (Å²) in [5.41, 5.74) is 1.94. The van der Waals surface area contributed by atoms with Crippen molar-refractivity contribution in [1.29, 1.82) is 0 Å². The van der Waals surface area contributed by atoms with Gasteiger partial charge in [0.2, 0.25) is 0 Å². The Balaban J connectivity index is 1.50. The van der Waals surface area contributed by atoms with E-state index in [2.05, 4.69) is 13.0 Å². The third-order valence-corrected chi connectivity index (χ3v) is 6.88. The van der Waals surface area contributed by atoms with E-state index in [9.17, 15) is 17.6 Å². The molecule has 166 valence electrons. The second-order valence-corrected chi connectivity index (χ2v) is 8.79. The molecule has 0 spiro atoms. The predicted octanol–water partition coefficient (Wildman–Crippen LogP) is 7.55. The quantitative estimate of drug-likeness (QED) is 0.350. The maximum atomic E-state index is 14.8. The highest BCUT2D eigenvalue weighted by Gasteiger charge is 2.32. The van der Waals surface area contributed by atoms with Crippen LogP contribution in [0.2, 0.25) is 0 Å². The fraction of sp³-hybridized carbons (Fsp3) is 0.462. The van der Waals surface area contributed by atoms with Crippen LogP contribution in [0, 0.1) is 41.0 Å². The third kappa shape index (κ3) is 4.72. The van der Waals surface area contributed by atoms with Crippen LogP contribution in [0.4, 0.5) is 17.6 Å². The average molecular weight is 433 g/mol. The Hall–Kier alpha value is -2.14. The largest absolute Gasteiger partial charge is 0.381 e. The van der Waals surface area contributed by atoms with Crippen molar-refractivity contribution in [3.05, 3.63) is 65.2 Å². The molecular formula is C26H28F4O. The summed E-state index contributed by atoms with van der Waals surface area (Å²) in [7, 11) is 0. The first-order valence-corrected chi connectivity index (χ1v) is 11.2. The second kappa shape index (κ2) is 9.56. The van der Waals surface area contributed by atoms with E-state index in [1.165, 1.54) is 25.0 Å². The second-order valence-electron chi connectivity index (χ2n) is 8.79. The molecule has 0 radical (unpaired) electrons. The molecule has 1 saturated heterocycles. The molecule has 0 bridgehead atoms. The number of hydrogen-bond donors (Lipinski definition) is 0. The summed E-state index contributed by atoms with van der Waals surface area (Å²) in [5.74, 6) is -2.81. The van der Waals surface area contributed by atoms with Crippen molar-refractivity contribution >= 4 is 5.57 Å². The van der Waals surface area contributed by atoms with Crippen molar-refractivity contribution < 1.29 is 22.3 Å². The molecule has 0 N–H and O–H groups in total. The lowest BCUT2D eigenvalue weighted by atomic mass is 9.71. The van der Waals surface area contributed by atoms with Crippen molar-refractivity contribution in [1.82, 2.24) is 0 Å². The van der Waals surface area contributed by atoms with E-state index in [1.807, 2.05) is 0 Å².